The number of carbonyl (C=O) groups excluding carboxylic acids is 3. The standard InChI is InChI=1S/C27H31IN3O3.C2HF3O2/c1-2-29-23-13-12-20(34-15-14-28)16-24(23)30(17-19-8-4-3-5-9-19)25(29)18-31-26(32)21-10-6-7-11-22(21)27(31)33;3-2(4,5)1(6)7/h6-7,10-13,16,19H,2-5,8-9,14-15,17-18H2,1H3;(H,6,7)/q+1;/p-1. The molecule has 1 saturated carbocycles. The summed E-state index contributed by atoms with van der Waals surface area (Å²) in [5, 5.41) is 8.78. The van der Waals surface area contributed by atoms with E-state index >= 15 is 0 Å². The van der Waals surface area contributed by atoms with Gasteiger partial charge in [0.25, 0.3) is 17.6 Å². The number of carboxylic acids is 1. The number of amides is 2. The fraction of sp³-hybridized carbons (Fsp3) is 0.448. The quantitative estimate of drug-likeness (QED) is 0.151. The molecule has 5 rings (SSSR count). The van der Waals surface area contributed by atoms with Gasteiger partial charge in [-0.15, -0.1) is 0 Å². The van der Waals surface area contributed by atoms with Gasteiger partial charge < -0.3 is 14.6 Å². The topological polar surface area (TPSA) is 95.6 Å². The Morgan fingerprint density at radius 3 is 2.22 bits per heavy atom. The molecule has 0 N–H and O–H groups in total. The number of carboxylic acid groups (broad SMARTS) is 1. The van der Waals surface area contributed by atoms with Gasteiger partial charge in [0.2, 0.25) is 0 Å². The Morgan fingerprint density at radius 1 is 1.07 bits per heavy atom. The maximum absolute atomic E-state index is 13.2. The SMILES string of the molecule is CC[n+]1c(CN2C(=O)c3ccccc3C2=O)n(CC2CCCCC2)c2cc(OCCI)ccc21.O=C([O-])C(F)(F)F. The van der Waals surface area contributed by atoms with Gasteiger partial charge in [-0.05, 0) is 49.9 Å². The number of ether oxygens (including phenoxy) is 1. The highest BCUT2D eigenvalue weighted by Gasteiger charge is 2.39. The van der Waals surface area contributed by atoms with Crippen LogP contribution in [-0.2, 0) is 24.4 Å². The van der Waals surface area contributed by atoms with Gasteiger partial charge in [0.1, 0.15) is 18.3 Å². The number of halogens is 4. The molecule has 2 aromatic carbocycles. The van der Waals surface area contributed by atoms with Gasteiger partial charge in [0.15, 0.2) is 11.0 Å². The molecule has 3 aromatic rings. The number of fused-ring (bicyclic) bond motifs is 2. The van der Waals surface area contributed by atoms with E-state index in [9.17, 15) is 22.8 Å². The predicted molar refractivity (Wildman–Crippen MR) is 150 cm³/mol. The minimum absolute atomic E-state index is 0.205. The van der Waals surface area contributed by atoms with E-state index in [2.05, 4.69) is 50.8 Å². The number of nitrogens with zero attached hydrogens (tertiary/aromatic N) is 3. The molecule has 1 aromatic heterocycles. The van der Waals surface area contributed by atoms with Crippen LogP contribution in [0.3, 0.4) is 0 Å². The van der Waals surface area contributed by atoms with Crippen LogP contribution in [-0.4, -0.2) is 44.5 Å². The summed E-state index contributed by atoms with van der Waals surface area (Å²) in [5.41, 5.74) is 3.23. The molecule has 1 aliphatic carbocycles. The highest BCUT2D eigenvalue weighted by atomic mass is 127. The van der Waals surface area contributed by atoms with Crippen LogP contribution < -0.4 is 14.4 Å². The lowest BCUT2D eigenvalue weighted by molar-refractivity contribution is -0.677. The van der Waals surface area contributed by atoms with Gasteiger partial charge in [-0.25, -0.2) is 9.13 Å². The molecule has 220 valence electrons. The summed E-state index contributed by atoms with van der Waals surface area (Å²) < 4.78 is 43.0. The molecule has 8 nitrogen and oxygen atoms in total. The van der Waals surface area contributed by atoms with Crippen molar-refractivity contribution in [2.24, 2.45) is 5.92 Å². The highest BCUT2D eigenvalue weighted by Crippen LogP contribution is 2.30. The number of hydrogen-bond donors (Lipinski definition) is 0. The van der Waals surface area contributed by atoms with Crippen LogP contribution in [0.2, 0.25) is 0 Å². The molecule has 0 atom stereocenters. The second kappa shape index (κ2) is 13.2. The van der Waals surface area contributed by atoms with Crippen molar-refractivity contribution in [2.45, 2.75) is 64.8 Å². The van der Waals surface area contributed by atoms with E-state index in [1.165, 1.54) is 37.0 Å². The van der Waals surface area contributed by atoms with Crippen molar-refractivity contribution < 1.29 is 42.0 Å². The smallest absolute Gasteiger partial charge is 0.430 e. The largest absolute Gasteiger partial charge is 0.542 e. The normalized spacial score (nSPS) is 15.6. The van der Waals surface area contributed by atoms with Gasteiger partial charge in [-0.2, -0.15) is 13.2 Å². The number of aryl methyl sites for hydroxylation is 1. The van der Waals surface area contributed by atoms with Crippen molar-refractivity contribution in [3.63, 3.8) is 0 Å². The minimum Gasteiger partial charge on any atom is -0.542 e. The lowest BCUT2D eigenvalue weighted by atomic mass is 9.89. The van der Waals surface area contributed by atoms with Crippen molar-refractivity contribution in [3.8, 4) is 5.75 Å². The molecular formula is C29H31F3IN3O5. The molecule has 0 spiro atoms. The van der Waals surface area contributed by atoms with E-state index in [0.29, 0.717) is 23.7 Å². The molecule has 41 heavy (non-hydrogen) atoms. The third-order valence-corrected chi connectivity index (χ3v) is 7.83. The lowest BCUT2D eigenvalue weighted by Crippen LogP contribution is -2.42. The van der Waals surface area contributed by atoms with Crippen molar-refractivity contribution in [2.75, 3.05) is 11.0 Å². The van der Waals surface area contributed by atoms with Crippen molar-refractivity contribution in [1.29, 1.82) is 0 Å². The van der Waals surface area contributed by atoms with Crippen molar-refractivity contribution in [3.05, 3.63) is 59.4 Å². The monoisotopic (exact) mass is 685 g/mol. The van der Waals surface area contributed by atoms with Gasteiger partial charge >= 0.3 is 6.18 Å². The summed E-state index contributed by atoms with van der Waals surface area (Å²) in [6, 6.07) is 13.4. The summed E-state index contributed by atoms with van der Waals surface area (Å²) >= 11 is 2.32. The van der Waals surface area contributed by atoms with Gasteiger partial charge in [-0.1, -0.05) is 54.0 Å². The van der Waals surface area contributed by atoms with E-state index in [1.807, 2.05) is 18.2 Å². The molecule has 12 heteroatoms. The number of aliphatic carboxylic acids is 1. The Balaban J connectivity index is 0.000000493. The van der Waals surface area contributed by atoms with Crippen molar-refractivity contribution in [1.82, 2.24) is 9.47 Å². The summed E-state index contributed by atoms with van der Waals surface area (Å²) in [4.78, 5) is 36.5. The molecule has 2 amide bonds. The average Bonchev–Trinajstić information content (AvgIpc) is 3.38. The number of carbonyl (C=O) groups is 3. The van der Waals surface area contributed by atoms with Crippen LogP contribution in [0.15, 0.2) is 42.5 Å². The van der Waals surface area contributed by atoms with E-state index in [4.69, 9.17) is 14.6 Å². The number of rotatable bonds is 8. The number of hydrogen-bond acceptors (Lipinski definition) is 5. The number of benzene rings is 2. The molecular weight excluding hydrogens is 654 g/mol. The van der Waals surface area contributed by atoms with E-state index in [1.54, 1.807) is 12.1 Å². The first-order valence-corrected chi connectivity index (χ1v) is 15.1. The first kappa shape index (κ1) is 30.8. The third kappa shape index (κ3) is 6.84. The van der Waals surface area contributed by atoms with Gasteiger partial charge in [0, 0.05) is 10.5 Å². The second-order valence-electron chi connectivity index (χ2n) is 9.99. The summed E-state index contributed by atoms with van der Waals surface area (Å²) in [6.45, 7) is 4.73. The zero-order valence-electron chi connectivity index (χ0n) is 22.6. The zero-order chi connectivity index (χ0) is 29.7. The maximum atomic E-state index is 13.2. The molecule has 1 fully saturated rings. The molecule has 2 heterocycles. The van der Waals surface area contributed by atoms with Gasteiger partial charge in [-0.3, -0.25) is 14.5 Å². The van der Waals surface area contributed by atoms with E-state index in [-0.39, 0.29) is 18.4 Å². The number of imide groups is 1. The molecule has 2 aliphatic rings. The molecule has 0 radical (unpaired) electrons. The Hall–Kier alpha value is -3.16. The molecule has 0 bridgehead atoms. The van der Waals surface area contributed by atoms with Crippen LogP contribution in [0.25, 0.3) is 11.0 Å². The highest BCUT2D eigenvalue weighted by molar-refractivity contribution is 14.1. The van der Waals surface area contributed by atoms with E-state index < -0.39 is 12.1 Å². The van der Waals surface area contributed by atoms with Gasteiger partial charge in [0.05, 0.1) is 30.8 Å². The lowest BCUT2D eigenvalue weighted by Gasteiger charge is -2.21. The van der Waals surface area contributed by atoms with Crippen LogP contribution in [0.1, 0.15) is 65.6 Å². The summed E-state index contributed by atoms with van der Waals surface area (Å²) in [5.74, 6) is -0.944. The summed E-state index contributed by atoms with van der Waals surface area (Å²) in [7, 11) is 0. The maximum Gasteiger partial charge on any atom is 0.430 e. The average molecular weight is 685 g/mol. The Bertz CT molecular complexity index is 1400. The first-order valence-electron chi connectivity index (χ1n) is 13.5. The fourth-order valence-corrected chi connectivity index (χ4v) is 5.72. The van der Waals surface area contributed by atoms with Crippen LogP contribution in [0.5, 0.6) is 5.75 Å². The molecule has 0 saturated heterocycles. The minimum atomic E-state index is -5.19. The number of alkyl halides is 4. The molecule has 1 aliphatic heterocycles. The second-order valence-corrected chi connectivity index (χ2v) is 11.1. The Kier molecular flexibility index (Phi) is 9.92. The third-order valence-electron chi connectivity index (χ3n) is 7.39. The Labute approximate surface area is 249 Å². The zero-order valence-corrected chi connectivity index (χ0v) is 24.7. The van der Waals surface area contributed by atoms with E-state index in [0.717, 1.165) is 40.1 Å². The predicted octanol–water partition coefficient (Wildman–Crippen LogP) is 4.44. The number of imidazole rings is 1. The van der Waals surface area contributed by atoms with Crippen LogP contribution >= 0.6 is 22.6 Å². The first-order chi connectivity index (χ1) is 19.6. The van der Waals surface area contributed by atoms with Crippen LogP contribution in [0, 0.1) is 5.92 Å². The van der Waals surface area contributed by atoms with Crippen LogP contribution in [0.4, 0.5) is 13.2 Å². The fourth-order valence-electron chi connectivity index (χ4n) is 5.50. The Morgan fingerprint density at radius 2 is 1.68 bits per heavy atom. The molecule has 0 unspecified atom stereocenters. The summed E-state index contributed by atoms with van der Waals surface area (Å²) in [6.07, 6.45) is 1.12. The van der Waals surface area contributed by atoms with Crippen molar-refractivity contribution >= 4 is 51.4 Å². The number of aromatic nitrogens is 2.